The lowest BCUT2D eigenvalue weighted by Crippen LogP contribution is -2.34. The standard InChI is InChI=1S/C16H15ClN2O3/c17-13-9-5-4-8-12(13)14(10-15(20)21)19-16(22)18-11-6-2-1-3-7-11/h1-9,14H,10H2,(H,20,21)(H2,18,19,22). The number of amides is 2. The molecular formula is C16H15ClN2O3. The Bertz CT molecular complexity index is 661. The summed E-state index contributed by atoms with van der Waals surface area (Å²) in [5.74, 6) is -1.02. The molecule has 6 heteroatoms. The van der Waals surface area contributed by atoms with E-state index in [1.54, 1.807) is 48.5 Å². The van der Waals surface area contributed by atoms with E-state index in [0.29, 0.717) is 16.3 Å². The number of carbonyl (C=O) groups excluding carboxylic acids is 1. The Labute approximate surface area is 132 Å². The molecule has 2 aromatic carbocycles. The first-order chi connectivity index (χ1) is 10.6. The lowest BCUT2D eigenvalue weighted by atomic mass is 10.0. The van der Waals surface area contributed by atoms with Crippen LogP contribution in [0.1, 0.15) is 18.0 Å². The molecule has 0 bridgehead atoms. The van der Waals surface area contributed by atoms with Crippen molar-refractivity contribution in [1.82, 2.24) is 5.32 Å². The second-order valence-electron chi connectivity index (χ2n) is 4.64. The highest BCUT2D eigenvalue weighted by Gasteiger charge is 2.20. The van der Waals surface area contributed by atoms with E-state index < -0.39 is 18.0 Å². The number of hydrogen-bond acceptors (Lipinski definition) is 2. The van der Waals surface area contributed by atoms with Crippen LogP contribution in [0.3, 0.4) is 0 Å². The number of carboxylic acid groups (broad SMARTS) is 1. The number of rotatable bonds is 5. The van der Waals surface area contributed by atoms with Crippen molar-refractivity contribution in [2.45, 2.75) is 12.5 Å². The van der Waals surface area contributed by atoms with Gasteiger partial charge in [0, 0.05) is 10.7 Å². The Hall–Kier alpha value is -2.53. The van der Waals surface area contributed by atoms with Crippen LogP contribution in [0.4, 0.5) is 10.5 Å². The van der Waals surface area contributed by atoms with Crippen LogP contribution >= 0.6 is 11.6 Å². The number of anilines is 1. The Morgan fingerprint density at radius 1 is 1.05 bits per heavy atom. The summed E-state index contributed by atoms with van der Waals surface area (Å²) in [5, 5.41) is 14.7. The first kappa shape index (κ1) is 15.9. The highest BCUT2D eigenvalue weighted by atomic mass is 35.5. The topological polar surface area (TPSA) is 78.4 Å². The summed E-state index contributed by atoms with van der Waals surface area (Å²) in [5.41, 5.74) is 1.18. The van der Waals surface area contributed by atoms with Crippen molar-refractivity contribution in [2.24, 2.45) is 0 Å². The number of benzene rings is 2. The third-order valence-electron chi connectivity index (χ3n) is 3.00. The fraction of sp³-hybridized carbons (Fsp3) is 0.125. The third-order valence-corrected chi connectivity index (χ3v) is 3.34. The van der Waals surface area contributed by atoms with Gasteiger partial charge in [0.05, 0.1) is 12.5 Å². The maximum atomic E-state index is 12.0. The minimum atomic E-state index is -1.02. The summed E-state index contributed by atoms with van der Waals surface area (Å²) >= 11 is 6.08. The molecule has 0 radical (unpaired) electrons. The highest BCUT2D eigenvalue weighted by molar-refractivity contribution is 6.31. The smallest absolute Gasteiger partial charge is 0.319 e. The van der Waals surface area contributed by atoms with Crippen molar-refractivity contribution in [3.8, 4) is 0 Å². The molecule has 0 aromatic heterocycles. The number of aliphatic carboxylic acids is 1. The van der Waals surface area contributed by atoms with E-state index in [-0.39, 0.29) is 6.42 Å². The van der Waals surface area contributed by atoms with Gasteiger partial charge in [-0.15, -0.1) is 0 Å². The Balaban J connectivity index is 2.11. The minimum absolute atomic E-state index is 0.258. The van der Waals surface area contributed by atoms with Gasteiger partial charge in [-0.1, -0.05) is 48.0 Å². The summed E-state index contributed by atoms with van der Waals surface area (Å²) in [7, 11) is 0. The number of urea groups is 1. The van der Waals surface area contributed by atoms with Crippen LogP contribution in [0.25, 0.3) is 0 Å². The molecule has 0 spiro atoms. The molecule has 1 atom stereocenters. The van der Waals surface area contributed by atoms with Crippen LogP contribution in [0.5, 0.6) is 0 Å². The van der Waals surface area contributed by atoms with Crippen molar-refractivity contribution >= 4 is 29.3 Å². The summed E-state index contributed by atoms with van der Waals surface area (Å²) in [6, 6.07) is 14.5. The molecule has 0 saturated heterocycles. The third kappa shape index (κ3) is 4.49. The molecule has 0 aliphatic carbocycles. The molecule has 2 rings (SSSR count). The van der Waals surface area contributed by atoms with Gasteiger partial charge in [-0.2, -0.15) is 0 Å². The molecule has 2 aromatic rings. The lowest BCUT2D eigenvalue weighted by molar-refractivity contribution is -0.137. The molecule has 5 nitrogen and oxygen atoms in total. The van der Waals surface area contributed by atoms with Gasteiger partial charge in [0.25, 0.3) is 0 Å². The van der Waals surface area contributed by atoms with E-state index in [1.807, 2.05) is 6.07 Å². The lowest BCUT2D eigenvalue weighted by Gasteiger charge is -2.19. The van der Waals surface area contributed by atoms with Crippen LogP contribution in [0.2, 0.25) is 5.02 Å². The van der Waals surface area contributed by atoms with E-state index in [2.05, 4.69) is 10.6 Å². The Morgan fingerprint density at radius 2 is 1.68 bits per heavy atom. The van der Waals surface area contributed by atoms with Gasteiger partial charge < -0.3 is 15.7 Å². The molecule has 0 saturated carbocycles. The summed E-state index contributed by atoms with van der Waals surface area (Å²) in [6.07, 6.45) is -0.258. The van der Waals surface area contributed by atoms with Gasteiger partial charge in [0.1, 0.15) is 0 Å². The average molecular weight is 319 g/mol. The molecule has 2 amide bonds. The molecule has 0 heterocycles. The monoisotopic (exact) mass is 318 g/mol. The van der Waals surface area contributed by atoms with Crippen LogP contribution in [-0.2, 0) is 4.79 Å². The van der Waals surface area contributed by atoms with Gasteiger partial charge in [0.2, 0.25) is 0 Å². The van der Waals surface area contributed by atoms with Gasteiger partial charge in [0.15, 0.2) is 0 Å². The summed E-state index contributed by atoms with van der Waals surface area (Å²) in [4.78, 5) is 23.1. The summed E-state index contributed by atoms with van der Waals surface area (Å²) < 4.78 is 0. The molecule has 0 aliphatic rings. The van der Waals surface area contributed by atoms with Crippen molar-refractivity contribution in [2.75, 3.05) is 5.32 Å². The first-order valence-electron chi connectivity index (χ1n) is 6.65. The number of hydrogen-bond donors (Lipinski definition) is 3. The van der Waals surface area contributed by atoms with Gasteiger partial charge in [-0.05, 0) is 23.8 Å². The van der Waals surface area contributed by atoms with Gasteiger partial charge in [-0.25, -0.2) is 4.79 Å². The Morgan fingerprint density at radius 3 is 2.32 bits per heavy atom. The molecule has 0 aliphatic heterocycles. The zero-order valence-electron chi connectivity index (χ0n) is 11.6. The van der Waals surface area contributed by atoms with Crippen LogP contribution < -0.4 is 10.6 Å². The second-order valence-corrected chi connectivity index (χ2v) is 5.04. The average Bonchev–Trinajstić information content (AvgIpc) is 2.47. The van der Waals surface area contributed by atoms with E-state index in [9.17, 15) is 9.59 Å². The van der Waals surface area contributed by atoms with Crippen LogP contribution in [0.15, 0.2) is 54.6 Å². The molecule has 22 heavy (non-hydrogen) atoms. The van der Waals surface area contributed by atoms with E-state index >= 15 is 0 Å². The number of halogens is 1. The van der Waals surface area contributed by atoms with Crippen LogP contribution in [0, 0.1) is 0 Å². The fourth-order valence-corrected chi connectivity index (χ4v) is 2.29. The van der Waals surface area contributed by atoms with Crippen molar-refractivity contribution < 1.29 is 14.7 Å². The largest absolute Gasteiger partial charge is 0.481 e. The molecule has 3 N–H and O–H groups in total. The number of carbonyl (C=O) groups is 2. The number of para-hydroxylation sites is 1. The number of nitrogens with one attached hydrogen (secondary N) is 2. The fourth-order valence-electron chi connectivity index (χ4n) is 2.02. The van der Waals surface area contributed by atoms with E-state index in [0.717, 1.165) is 0 Å². The molecule has 114 valence electrons. The van der Waals surface area contributed by atoms with E-state index in [1.165, 1.54) is 0 Å². The van der Waals surface area contributed by atoms with Crippen molar-refractivity contribution in [3.05, 3.63) is 65.2 Å². The van der Waals surface area contributed by atoms with Crippen LogP contribution in [-0.4, -0.2) is 17.1 Å². The van der Waals surface area contributed by atoms with E-state index in [4.69, 9.17) is 16.7 Å². The summed E-state index contributed by atoms with van der Waals surface area (Å²) in [6.45, 7) is 0. The van der Waals surface area contributed by atoms with Gasteiger partial charge in [-0.3, -0.25) is 4.79 Å². The quantitative estimate of drug-likeness (QED) is 0.787. The number of carboxylic acids is 1. The predicted molar refractivity (Wildman–Crippen MR) is 85.0 cm³/mol. The minimum Gasteiger partial charge on any atom is -0.481 e. The molecular weight excluding hydrogens is 304 g/mol. The van der Waals surface area contributed by atoms with Crippen molar-refractivity contribution in [3.63, 3.8) is 0 Å². The van der Waals surface area contributed by atoms with Gasteiger partial charge >= 0.3 is 12.0 Å². The molecule has 1 unspecified atom stereocenters. The maximum absolute atomic E-state index is 12.0. The van der Waals surface area contributed by atoms with Crippen molar-refractivity contribution in [1.29, 1.82) is 0 Å². The first-order valence-corrected chi connectivity index (χ1v) is 7.03. The molecule has 0 fully saturated rings. The zero-order chi connectivity index (χ0) is 15.9. The SMILES string of the molecule is O=C(O)CC(NC(=O)Nc1ccccc1)c1ccccc1Cl. The highest BCUT2D eigenvalue weighted by Crippen LogP contribution is 2.25. The zero-order valence-corrected chi connectivity index (χ0v) is 12.4. The maximum Gasteiger partial charge on any atom is 0.319 e. The Kier molecular flexibility index (Phi) is 5.38. The predicted octanol–water partition coefficient (Wildman–Crippen LogP) is 3.68. The second kappa shape index (κ2) is 7.47. The normalized spacial score (nSPS) is 11.5.